The number of rotatable bonds is 1. The quantitative estimate of drug-likeness (QED) is 0.763. The van der Waals surface area contributed by atoms with Crippen molar-refractivity contribution in [2.75, 3.05) is 11.4 Å². The minimum Gasteiger partial charge on any atom is -0.347 e. The first kappa shape index (κ1) is 13.0. The number of halogens is 1. The maximum absolute atomic E-state index is 13.6. The molecule has 1 aromatic rings. The van der Waals surface area contributed by atoms with E-state index in [9.17, 15) is 14.0 Å². The van der Waals surface area contributed by atoms with Gasteiger partial charge in [-0.05, 0) is 26.0 Å². The Morgan fingerprint density at radius 1 is 1.42 bits per heavy atom. The Kier molecular flexibility index (Phi) is 2.98. The van der Waals surface area contributed by atoms with E-state index in [0.29, 0.717) is 0 Å². The van der Waals surface area contributed by atoms with Gasteiger partial charge in [0.2, 0.25) is 5.91 Å². The summed E-state index contributed by atoms with van der Waals surface area (Å²) in [5.74, 6) is -1.62. The number of benzene rings is 1. The number of imide groups is 1. The molecule has 1 fully saturated rings. The average molecular weight is 261 g/mol. The number of hydrogen-bond acceptors (Lipinski definition) is 4. The fourth-order valence-electron chi connectivity index (χ4n) is 2.02. The van der Waals surface area contributed by atoms with E-state index in [1.54, 1.807) is 19.9 Å². The fourth-order valence-corrected chi connectivity index (χ4v) is 2.02. The van der Waals surface area contributed by atoms with Gasteiger partial charge < -0.3 is 4.90 Å². The molecule has 1 aliphatic heterocycles. The molecule has 1 heterocycles. The van der Waals surface area contributed by atoms with Crippen molar-refractivity contribution in [1.82, 2.24) is 5.32 Å². The van der Waals surface area contributed by atoms with Crippen LogP contribution in [0, 0.1) is 17.1 Å². The predicted molar refractivity (Wildman–Crippen MR) is 65.7 cm³/mol. The number of piperazine rings is 1. The number of nitrogens with zero attached hydrogens (tertiary/aromatic N) is 2. The van der Waals surface area contributed by atoms with Gasteiger partial charge in [-0.15, -0.1) is 0 Å². The molecule has 98 valence electrons. The van der Waals surface area contributed by atoms with Gasteiger partial charge in [0.05, 0.1) is 12.2 Å². The molecule has 2 amide bonds. The first-order valence-electron chi connectivity index (χ1n) is 5.68. The highest BCUT2D eigenvalue weighted by molar-refractivity contribution is 6.06. The monoisotopic (exact) mass is 261 g/mol. The molecule has 2 rings (SSSR count). The Labute approximate surface area is 109 Å². The van der Waals surface area contributed by atoms with Crippen molar-refractivity contribution in [1.29, 1.82) is 5.26 Å². The highest BCUT2D eigenvalue weighted by Gasteiger charge is 2.42. The van der Waals surface area contributed by atoms with Gasteiger partial charge in [-0.25, -0.2) is 4.39 Å². The fraction of sp³-hybridized carbons (Fsp3) is 0.308. The molecule has 0 atom stereocenters. The zero-order valence-corrected chi connectivity index (χ0v) is 10.5. The average Bonchev–Trinajstić information content (AvgIpc) is 2.34. The summed E-state index contributed by atoms with van der Waals surface area (Å²) in [7, 11) is 0. The Hall–Kier alpha value is -2.42. The third-order valence-corrected chi connectivity index (χ3v) is 3.18. The van der Waals surface area contributed by atoms with Crippen LogP contribution >= 0.6 is 0 Å². The Morgan fingerprint density at radius 2 is 2.11 bits per heavy atom. The van der Waals surface area contributed by atoms with Crippen molar-refractivity contribution in [2.24, 2.45) is 0 Å². The molecule has 19 heavy (non-hydrogen) atoms. The molecule has 0 aliphatic carbocycles. The molecule has 1 aliphatic rings. The Morgan fingerprint density at radius 3 is 2.74 bits per heavy atom. The molecule has 0 radical (unpaired) electrons. The standard InChI is InChI=1S/C13H12FN3O2/c1-13(2)12(19)16-11(18)7-17(13)10-5-3-4-9(14)8(10)6-15/h3-5H,7H2,1-2H3,(H,16,18,19). The zero-order valence-electron chi connectivity index (χ0n) is 10.5. The van der Waals surface area contributed by atoms with Crippen molar-refractivity contribution in [3.05, 3.63) is 29.6 Å². The lowest BCUT2D eigenvalue weighted by atomic mass is 9.96. The molecule has 0 aromatic heterocycles. The molecule has 0 bridgehead atoms. The normalized spacial score (nSPS) is 17.9. The summed E-state index contributed by atoms with van der Waals surface area (Å²) in [4.78, 5) is 24.8. The number of anilines is 1. The molecule has 0 saturated carbocycles. The topological polar surface area (TPSA) is 73.2 Å². The molecule has 1 saturated heterocycles. The van der Waals surface area contributed by atoms with Crippen LogP contribution in [0.15, 0.2) is 18.2 Å². The number of carbonyl (C=O) groups excluding carboxylic acids is 2. The van der Waals surface area contributed by atoms with Crippen molar-refractivity contribution in [3.63, 3.8) is 0 Å². The van der Waals surface area contributed by atoms with Crippen LogP contribution in [0.3, 0.4) is 0 Å². The second kappa shape index (κ2) is 4.35. The summed E-state index contributed by atoms with van der Waals surface area (Å²) in [6, 6.07) is 5.90. The lowest BCUT2D eigenvalue weighted by Crippen LogP contribution is -2.64. The van der Waals surface area contributed by atoms with E-state index in [1.807, 2.05) is 0 Å². The Bertz CT molecular complexity index is 604. The summed E-state index contributed by atoms with van der Waals surface area (Å²) in [5.41, 5.74) is -0.957. The minimum absolute atomic E-state index is 0.100. The van der Waals surface area contributed by atoms with E-state index in [4.69, 9.17) is 5.26 Å². The summed E-state index contributed by atoms with van der Waals surface area (Å²) < 4.78 is 13.6. The SMILES string of the molecule is CC1(C)C(=O)NC(=O)CN1c1cccc(F)c1C#N. The highest BCUT2D eigenvalue weighted by Crippen LogP contribution is 2.30. The first-order chi connectivity index (χ1) is 8.87. The van der Waals surface area contributed by atoms with E-state index < -0.39 is 23.2 Å². The van der Waals surface area contributed by atoms with Crippen LogP contribution in [-0.4, -0.2) is 23.9 Å². The van der Waals surface area contributed by atoms with Gasteiger partial charge in [-0.3, -0.25) is 14.9 Å². The largest absolute Gasteiger partial charge is 0.347 e. The molecule has 5 nitrogen and oxygen atoms in total. The highest BCUT2D eigenvalue weighted by atomic mass is 19.1. The summed E-state index contributed by atoms with van der Waals surface area (Å²) >= 11 is 0. The van der Waals surface area contributed by atoms with E-state index in [2.05, 4.69) is 5.32 Å². The van der Waals surface area contributed by atoms with Gasteiger partial charge in [0, 0.05) is 0 Å². The summed E-state index contributed by atoms with van der Waals surface area (Å²) in [6.45, 7) is 3.12. The van der Waals surface area contributed by atoms with E-state index in [0.717, 1.165) is 0 Å². The maximum atomic E-state index is 13.6. The van der Waals surface area contributed by atoms with Crippen LogP contribution in [0.5, 0.6) is 0 Å². The summed E-state index contributed by atoms with van der Waals surface area (Å²) in [6.07, 6.45) is 0. The van der Waals surface area contributed by atoms with Crippen molar-refractivity contribution >= 4 is 17.5 Å². The predicted octanol–water partition coefficient (Wildman–Crippen LogP) is 0.939. The van der Waals surface area contributed by atoms with Crippen LogP contribution in [0.4, 0.5) is 10.1 Å². The van der Waals surface area contributed by atoms with Crippen LogP contribution in [0.25, 0.3) is 0 Å². The van der Waals surface area contributed by atoms with Gasteiger partial charge in [0.15, 0.2) is 0 Å². The Balaban J connectivity index is 2.57. The molecular weight excluding hydrogens is 249 g/mol. The maximum Gasteiger partial charge on any atom is 0.251 e. The molecule has 6 heteroatoms. The summed E-state index contributed by atoms with van der Waals surface area (Å²) in [5, 5.41) is 11.3. The van der Waals surface area contributed by atoms with Gasteiger partial charge in [0.25, 0.3) is 5.91 Å². The third-order valence-electron chi connectivity index (χ3n) is 3.18. The van der Waals surface area contributed by atoms with E-state index in [1.165, 1.54) is 23.1 Å². The zero-order chi connectivity index (χ0) is 14.2. The number of nitrogens with one attached hydrogen (secondary N) is 1. The number of carbonyl (C=O) groups is 2. The number of hydrogen-bond donors (Lipinski definition) is 1. The van der Waals surface area contributed by atoms with Gasteiger partial charge in [-0.1, -0.05) is 6.07 Å². The first-order valence-corrected chi connectivity index (χ1v) is 5.68. The lowest BCUT2D eigenvalue weighted by Gasteiger charge is -2.42. The van der Waals surface area contributed by atoms with Crippen LogP contribution in [-0.2, 0) is 9.59 Å². The van der Waals surface area contributed by atoms with Crippen molar-refractivity contribution < 1.29 is 14.0 Å². The molecular formula is C13H12FN3O2. The molecule has 1 aromatic carbocycles. The van der Waals surface area contributed by atoms with Gasteiger partial charge in [0.1, 0.15) is 23.0 Å². The smallest absolute Gasteiger partial charge is 0.251 e. The van der Waals surface area contributed by atoms with Crippen LogP contribution < -0.4 is 10.2 Å². The number of nitriles is 1. The second-order valence-corrected chi connectivity index (χ2v) is 4.77. The number of amides is 2. The van der Waals surface area contributed by atoms with Gasteiger partial charge >= 0.3 is 0 Å². The third kappa shape index (κ3) is 2.03. The van der Waals surface area contributed by atoms with Crippen molar-refractivity contribution in [3.8, 4) is 6.07 Å². The second-order valence-electron chi connectivity index (χ2n) is 4.77. The van der Waals surface area contributed by atoms with E-state index in [-0.39, 0.29) is 17.8 Å². The minimum atomic E-state index is -1.03. The lowest BCUT2D eigenvalue weighted by molar-refractivity contribution is -0.135. The molecule has 1 N–H and O–H groups in total. The molecule has 0 unspecified atom stereocenters. The van der Waals surface area contributed by atoms with Gasteiger partial charge in [-0.2, -0.15) is 5.26 Å². The molecule has 0 spiro atoms. The van der Waals surface area contributed by atoms with Crippen LogP contribution in [0.1, 0.15) is 19.4 Å². The van der Waals surface area contributed by atoms with E-state index >= 15 is 0 Å². The van der Waals surface area contributed by atoms with Crippen molar-refractivity contribution in [2.45, 2.75) is 19.4 Å². The van der Waals surface area contributed by atoms with Crippen LogP contribution in [0.2, 0.25) is 0 Å².